The molecule has 0 aliphatic rings. The number of carbonyl (C=O) groups is 2. The van der Waals surface area contributed by atoms with Crippen molar-refractivity contribution in [3.05, 3.63) is 66.3 Å². The number of phenols is 2. The number of esters is 2. The third kappa shape index (κ3) is 6.29. The first kappa shape index (κ1) is 25.3. The third-order valence-corrected chi connectivity index (χ3v) is 4.87. The Hall–Kier alpha value is -3.94. The number of hydrogen-bond donors (Lipinski definition) is 2. The molecule has 1 unspecified atom stereocenters. The number of rotatable bonds is 10. The zero-order chi connectivity index (χ0) is 24.6. The van der Waals surface area contributed by atoms with Crippen molar-refractivity contribution in [2.24, 2.45) is 5.41 Å². The second kappa shape index (κ2) is 11.1. The Morgan fingerprint density at radius 3 is 2.42 bits per heavy atom. The summed E-state index contributed by atoms with van der Waals surface area (Å²) in [6, 6.07) is 9.05. The molecule has 1 atom stereocenters. The van der Waals surface area contributed by atoms with Gasteiger partial charge in [0, 0.05) is 17.7 Å². The molecule has 0 aromatic heterocycles. The zero-order valence-corrected chi connectivity index (χ0v) is 19.0. The molecule has 0 aliphatic heterocycles. The molecule has 2 aromatic carbocycles. The molecule has 2 N–H and O–H groups in total. The highest BCUT2D eigenvalue weighted by Gasteiger charge is 2.43. The van der Waals surface area contributed by atoms with Crippen molar-refractivity contribution in [3.63, 3.8) is 0 Å². The van der Waals surface area contributed by atoms with Crippen LogP contribution in [-0.4, -0.2) is 43.0 Å². The van der Waals surface area contributed by atoms with E-state index in [4.69, 9.17) is 18.9 Å². The highest BCUT2D eigenvalue weighted by atomic mass is 16.6. The fourth-order valence-corrected chi connectivity index (χ4v) is 3.07. The predicted molar refractivity (Wildman–Crippen MR) is 122 cm³/mol. The first-order chi connectivity index (χ1) is 15.6. The summed E-state index contributed by atoms with van der Waals surface area (Å²) in [5.74, 6) is -1.05. The summed E-state index contributed by atoms with van der Waals surface area (Å²) < 4.78 is 21.6. The normalized spacial score (nSPS) is 12.1. The number of benzene rings is 2. The van der Waals surface area contributed by atoms with Crippen molar-refractivity contribution in [2.75, 3.05) is 20.8 Å². The Balaban J connectivity index is 2.44. The van der Waals surface area contributed by atoms with Gasteiger partial charge in [0.2, 0.25) is 0 Å². The Kier molecular flexibility index (Phi) is 8.50. The van der Waals surface area contributed by atoms with E-state index in [2.05, 4.69) is 6.58 Å². The van der Waals surface area contributed by atoms with E-state index in [0.717, 1.165) is 6.08 Å². The minimum atomic E-state index is -1.27. The Morgan fingerprint density at radius 2 is 1.82 bits per heavy atom. The molecule has 0 saturated heterocycles. The monoisotopic (exact) mass is 456 g/mol. The van der Waals surface area contributed by atoms with Gasteiger partial charge in [-0.05, 0) is 49.8 Å². The van der Waals surface area contributed by atoms with Gasteiger partial charge < -0.3 is 29.2 Å². The fraction of sp³-hybridized carbons (Fsp3) is 0.280. The lowest BCUT2D eigenvalue weighted by atomic mass is 9.82. The van der Waals surface area contributed by atoms with Crippen molar-refractivity contribution in [1.82, 2.24) is 0 Å². The van der Waals surface area contributed by atoms with E-state index < -0.39 is 23.5 Å². The second-order valence-corrected chi connectivity index (χ2v) is 7.62. The molecular formula is C25H28O8. The second-order valence-electron chi connectivity index (χ2n) is 7.62. The van der Waals surface area contributed by atoms with Gasteiger partial charge in [-0.3, -0.25) is 4.79 Å². The molecule has 2 rings (SSSR count). The lowest BCUT2D eigenvalue weighted by molar-refractivity contribution is -0.166. The Bertz CT molecular complexity index is 1040. The van der Waals surface area contributed by atoms with Crippen molar-refractivity contribution in [1.29, 1.82) is 0 Å². The van der Waals surface area contributed by atoms with Crippen LogP contribution in [0.4, 0.5) is 0 Å². The van der Waals surface area contributed by atoms with Crippen LogP contribution in [0.1, 0.15) is 31.1 Å². The molecule has 8 nitrogen and oxygen atoms in total. The lowest BCUT2D eigenvalue weighted by Gasteiger charge is -2.32. The number of carbonyl (C=O) groups excluding carboxylic acids is 2. The van der Waals surface area contributed by atoms with Crippen LogP contribution in [0.3, 0.4) is 0 Å². The van der Waals surface area contributed by atoms with Crippen LogP contribution in [0.5, 0.6) is 23.0 Å². The van der Waals surface area contributed by atoms with Crippen LogP contribution in [-0.2, 0) is 19.1 Å². The molecule has 2 aromatic rings. The van der Waals surface area contributed by atoms with E-state index in [1.54, 1.807) is 38.1 Å². The maximum Gasteiger partial charge on any atom is 0.331 e. The summed E-state index contributed by atoms with van der Waals surface area (Å²) in [4.78, 5) is 25.3. The SMILES string of the molecule is C=CCOc1cc(OC)ccc1C(OC(=O)/C=C/c1ccc(O)c(O)c1)C(C)(C)C(=O)OC. The van der Waals surface area contributed by atoms with Gasteiger partial charge in [0.05, 0.1) is 14.2 Å². The van der Waals surface area contributed by atoms with Gasteiger partial charge in [0.15, 0.2) is 11.5 Å². The molecule has 0 bridgehead atoms. The first-order valence-corrected chi connectivity index (χ1v) is 10.0. The highest BCUT2D eigenvalue weighted by Crippen LogP contribution is 2.43. The van der Waals surface area contributed by atoms with Crippen LogP contribution >= 0.6 is 0 Å². The standard InChI is InChI=1S/C25H28O8/c1-6-13-32-21-15-17(30-4)9-10-18(21)23(25(2,3)24(29)31-5)33-22(28)12-8-16-7-11-19(26)20(27)14-16/h6-12,14-15,23,26-27H,1,13H2,2-5H3/b12-8+. The summed E-state index contributed by atoms with van der Waals surface area (Å²) in [5, 5.41) is 19.0. The van der Waals surface area contributed by atoms with Gasteiger partial charge in [-0.15, -0.1) is 0 Å². The van der Waals surface area contributed by atoms with Crippen molar-refractivity contribution >= 4 is 18.0 Å². The Labute approximate surface area is 192 Å². The summed E-state index contributed by atoms with van der Waals surface area (Å²) in [6.07, 6.45) is 3.05. The topological polar surface area (TPSA) is 112 Å². The minimum absolute atomic E-state index is 0.184. The summed E-state index contributed by atoms with van der Waals surface area (Å²) in [5.41, 5.74) is -0.363. The van der Waals surface area contributed by atoms with Gasteiger partial charge in [-0.2, -0.15) is 0 Å². The quantitative estimate of drug-likeness (QED) is 0.237. The van der Waals surface area contributed by atoms with E-state index in [1.807, 2.05) is 0 Å². The largest absolute Gasteiger partial charge is 0.504 e. The van der Waals surface area contributed by atoms with Crippen LogP contribution in [0.25, 0.3) is 6.08 Å². The smallest absolute Gasteiger partial charge is 0.331 e. The van der Waals surface area contributed by atoms with E-state index in [-0.39, 0.29) is 18.1 Å². The van der Waals surface area contributed by atoms with Gasteiger partial charge in [0.1, 0.15) is 29.6 Å². The minimum Gasteiger partial charge on any atom is -0.504 e. The van der Waals surface area contributed by atoms with Crippen LogP contribution in [0.2, 0.25) is 0 Å². The molecule has 0 aliphatic carbocycles. The third-order valence-electron chi connectivity index (χ3n) is 4.87. The van der Waals surface area contributed by atoms with E-state index >= 15 is 0 Å². The molecule has 0 fully saturated rings. The molecule has 0 heterocycles. The number of hydrogen-bond acceptors (Lipinski definition) is 8. The molecule has 33 heavy (non-hydrogen) atoms. The number of methoxy groups -OCH3 is 2. The zero-order valence-electron chi connectivity index (χ0n) is 19.0. The van der Waals surface area contributed by atoms with E-state index in [0.29, 0.717) is 22.6 Å². The predicted octanol–water partition coefficient (Wildman–Crippen LogP) is 4.17. The lowest BCUT2D eigenvalue weighted by Crippen LogP contribution is -2.35. The van der Waals surface area contributed by atoms with Crippen LogP contribution in [0, 0.1) is 5.41 Å². The molecule has 0 amide bonds. The summed E-state index contributed by atoms with van der Waals surface area (Å²) in [6.45, 7) is 7.02. The van der Waals surface area contributed by atoms with E-state index in [1.165, 1.54) is 38.5 Å². The number of phenolic OH excluding ortho intramolecular Hbond substituents is 2. The van der Waals surface area contributed by atoms with Crippen LogP contribution < -0.4 is 9.47 Å². The van der Waals surface area contributed by atoms with Crippen molar-refractivity contribution in [3.8, 4) is 23.0 Å². The Morgan fingerprint density at radius 1 is 1.09 bits per heavy atom. The average molecular weight is 456 g/mol. The molecule has 0 radical (unpaired) electrons. The fourth-order valence-electron chi connectivity index (χ4n) is 3.07. The number of aromatic hydroxyl groups is 2. The van der Waals surface area contributed by atoms with Gasteiger partial charge in [-0.25, -0.2) is 4.79 Å². The maximum atomic E-state index is 12.7. The highest BCUT2D eigenvalue weighted by molar-refractivity contribution is 5.88. The molecule has 8 heteroatoms. The molecule has 176 valence electrons. The summed E-state index contributed by atoms with van der Waals surface area (Å²) >= 11 is 0. The summed E-state index contributed by atoms with van der Waals surface area (Å²) in [7, 11) is 2.76. The molecule has 0 spiro atoms. The average Bonchev–Trinajstić information content (AvgIpc) is 2.81. The van der Waals surface area contributed by atoms with Crippen molar-refractivity contribution in [2.45, 2.75) is 20.0 Å². The molecular weight excluding hydrogens is 428 g/mol. The van der Waals surface area contributed by atoms with Gasteiger partial charge >= 0.3 is 11.9 Å². The molecule has 0 saturated carbocycles. The van der Waals surface area contributed by atoms with Gasteiger partial charge in [0.25, 0.3) is 0 Å². The van der Waals surface area contributed by atoms with Gasteiger partial charge in [-0.1, -0.05) is 18.7 Å². The van der Waals surface area contributed by atoms with Crippen LogP contribution in [0.15, 0.2) is 55.1 Å². The first-order valence-electron chi connectivity index (χ1n) is 10.0. The number of ether oxygens (including phenoxy) is 4. The van der Waals surface area contributed by atoms with E-state index in [9.17, 15) is 19.8 Å². The maximum absolute atomic E-state index is 12.7. The van der Waals surface area contributed by atoms with Crippen molar-refractivity contribution < 1.29 is 38.7 Å².